The van der Waals surface area contributed by atoms with Crippen LogP contribution in [0.1, 0.15) is 21.5 Å². The third-order valence-corrected chi connectivity index (χ3v) is 3.92. The van der Waals surface area contributed by atoms with Crippen molar-refractivity contribution < 1.29 is 14.3 Å². The standard InChI is InChI=1S/C16H14BrClO3/c1-10-5-3-4-6-11(10)9-21-15-13(17)7-12(8-14(15)18)16(19)20-2/h3-8H,9H2,1-2H3. The second kappa shape index (κ2) is 6.96. The number of hydrogen-bond acceptors (Lipinski definition) is 3. The van der Waals surface area contributed by atoms with Crippen molar-refractivity contribution >= 4 is 33.5 Å². The molecule has 0 fully saturated rings. The van der Waals surface area contributed by atoms with Crippen molar-refractivity contribution in [2.75, 3.05) is 7.11 Å². The molecule has 0 spiro atoms. The molecular weight excluding hydrogens is 356 g/mol. The molecule has 2 aromatic carbocycles. The summed E-state index contributed by atoms with van der Waals surface area (Å²) in [5.74, 6) is 0.0654. The number of esters is 1. The molecule has 5 heteroatoms. The van der Waals surface area contributed by atoms with Crippen LogP contribution in [0.5, 0.6) is 5.75 Å². The zero-order chi connectivity index (χ0) is 15.4. The Morgan fingerprint density at radius 1 is 1.29 bits per heavy atom. The first kappa shape index (κ1) is 15.9. The topological polar surface area (TPSA) is 35.5 Å². The second-order valence-corrected chi connectivity index (χ2v) is 5.74. The Morgan fingerprint density at radius 3 is 2.62 bits per heavy atom. The van der Waals surface area contributed by atoms with E-state index in [9.17, 15) is 4.79 Å². The first-order valence-electron chi connectivity index (χ1n) is 6.27. The average Bonchev–Trinajstić information content (AvgIpc) is 2.47. The molecule has 0 radical (unpaired) electrons. The molecule has 0 atom stereocenters. The van der Waals surface area contributed by atoms with Gasteiger partial charge in [-0.1, -0.05) is 35.9 Å². The van der Waals surface area contributed by atoms with E-state index in [0.29, 0.717) is 27.4 Å². The summed E-state index contributed by atoms with van der Waals surface area (Å²) in [7, 11) is 1.33. The van der Waals surface area contributed by atoms with Crippen LogP contribution < -0.4 is 4.74 Å². The van der Waals surface area contributed by atoms with Gasteiger partial charge in [0.25, 0.3) is 0 Å². The van der Waals surface area contributed by atoms with Crippen LogP contribution in [0.3, 0.4) is 0 Å². The monoisotopic (exact) mass is 368 g/mol. The molecule has 0 aliphatic carbocycles. The molecule has 0 aliphatic heterocycles. The van der Waals surface area contributed by atoms with E-state index in [1.807, 2.05) is 31.2 Å². The molecule has 0 aromatic heterocycles. The van der Waals surface area contributed by atoms with E-state index in [-0.39, 0.29) is 0 Å². The van der Waals surface area contributed by atoms with Gasteiger partial charge in [-0.15, -0.1) is 0 Å². The highest BCUT2D eigenvalue weighted by Gasteiger charge is 2.14. The summed E-state index contributed by atoms with van der Waals surface area (Å²) in [5, 5.41) is 0.360. The zero-order valence-corrected chi connectivity index (χ0v) is 14.0. The van der Waals surface area contributed by atoms with Gasteiger partial charge in [0.15, 0.2) is 5.75 Å². The van der Waals surface area contributed by atoms with Crippen LogP contribution in [0.25, 0.3) is 0 Å². The number of methoxy groups -OCH3 is 1. The number of carbonyl (C=O) groups excluding carboxylic acids is 1. The van der Waals surface area contributed by atoms with Gasteiger partial charge in [-0.05, 0) is 46.1 Å². The Balaban J connectivity index is 2.21. The lowest BCUT2D eigenvalue weighted by atomic mass is 10.1. The van der Waals surface area contributed by atoms with Gasteiger partial charge in [-0.25, -0.2) is 4.79 Å². The average molecular weight is 370 g/mol. The van der Waals surface area contributed by atoms with E-state index in [1.54, 1.807) is 6.07 Å². The van der Waals surface area contributed by atoms with Crippen LogP contribution in [-0.2, 0) is 11.3 Å². The van der Waals surface area contributed by atoms with Crippen molar-refractivity contribution in [1.29, 1.82) is 0 Å². The quantitative estimate of drug-likeness (QED) is 0.728. The third kappa shape index (κ3) is 3.77. The van der Waals surface area contributed by atoms with E-state index < -0.39 is 5.97 Å². The third-order valence-electron chi connectivity index (χ3n) is 3.05. The molecule has 0 bridgehead atoms. The van der Waals surface area contributed by atoms with Gasteiger partial charge >= 0.3 is 5.97 Å². The minimum atomic E-state index is -0.442. The lowest BCUT2D eigenvalue weighted by molar-refractivity contribution is 0.0600. The summed E-state index contributed by atoms with van der Waals surface area (Å²) in [6, 6.07) is 11.1. The fourth-order valence-corrected chi connectivity index (χ4v) is 2.82. The number of aryl methyl sites for hydroxylation is 1. The maximum absolute atomic E-state index is 11.5. The Labute approximate surface area is 137 Å². The molecule has 0 heterocycles. The normalized spacial score (nSPS) is 10.3. The van der Waals surface area contributed by atoms with Crippen molar-refractivity contribution in [1.82, 2.24) is 0 Å². The molecule has 21 heavy (non-hydrogen) atoms. The SMILES string of the molecule is COC(=O)c1cc(Cl)c(OCc2ccccc2C)c(Br)c1. The molecule has 0 aliphatic rings. The smallest absolute Gasteiger partial charge is 0.337 e. The first-order valence-corrected chi connectivity index (χ1v) is 7.44. The number of carbonyl (C=O) groups is 1. The summed E-state index contributed by atoms with van der Waals surface area (Å²) < 4.78 is 11.1. The van der Waals surface area contributed by atoms with Gasteiger partial charge in [0.1, 0.15) is 6.61 Å². The summed E-state index contributed by atoms with van der Waals surface area (Å²) in [6.45, 7) is 2.43. The zero-order valence-electron chi connectivity index (χ0n) is 11.7. The van der Waals surface area contributed by atoms with Crippen molar-refractivity contribution in [3.05, 3.63) is 62.6 Å². The van der Waals surface area contributed by atoms with E-state index in [2.05, 4.69) is 20.7 Å². The lowest BCUT2D eigenvalue weighted by Crippen LogP contribution is -2.03. The van der Waals surface area contributed by atoms with E-state index in [1.165, 1.54) is 13.2 Å². The van der Waals surface area contributed by atoms with Crippen LogP contribution in [0.15, 0.2) is 40.9 Å². The van der Waals surface area contributed by atoms with Gasteiger partial charge in [0.2, 0.25) is 0 Å². The molecule has 0 unspecified atom stereocenters. The van der Waals surface area contributed by atoms with Crippen LogP contribution in [0.2, 0.25) is 5.02 Å². The minimum absolute atomic E-state index is 0.360. The summed E-state index contributed by atoms with van der Waals surface area (Å²) in [4.78, 5) is 11.5. The number of rotatable bonds is 4. The van der Waals surface area contributed by atoms with Crippen LogP contribution in [0, 0.1) is 6.92 Å². The maximum atomic E-state index is 11.5. The van der Waals surface area contributed by atoms with Gasteiger partial charge in [0.05, 0.1) is 22.2 Å². The largest absolute Gasteiger partial charge is 0.486 e. The number of hydrogen-bond donors (Lipinski definition) is 0. The molecule has 0 N–H and O–H groups in total. The van der Waals surface area contributed by atoms with Crippen LogP contribution in [0.4, 0.5) is 0 Å². The Morgan fingerprint density at radius 2 is 2.00 bits per heavy atom. The predicted octanol–water partition coefficient (Wildman–Crippen LogP) is 4.78. The van der Waals surface area contributed by atoms with E-state index >= 15 is 0 Å². The fraction of sp³-hybridized carbons (Fsp3) is 0.188. The molecule has 0 saturated carbocycles. The predicted molar refractivity (Wildman–Crippen MR) is 86.0 cm³/mol. The molecular formula is C16H14BrClO3. The van der Waals surface area contributed by atoms with Crippen molar-refractivity contribution in [2.45, 2.75) is 13.5 Å². The van der Waals surface area contributed by atoms with E-state index in [0.717, 1.165) is 11.1 Å². The number of halogens is 2. The number of benzene rings is 2. The summed E-state index contributed by atoms with van der Waals surface area (Å²) >= 11 is 9.55. The van der Waals surface area contributed by atoms with Crippen LogP contribution in [-0.4, -0.2) is 13.1 Å². The Hall–Kier alpha value is -1.52. The van der Waals surface area contributed by atoms with Gasteiger partial charge in [-0.3, -0.25) is 0 Å². The second-order valence-electron chi connectivity index (χ2n) is 4.48. The highest BCUT2D eigenvalue weighted by atomic mass is 79.9. The van der Waals surface area contributed by atoms with Gasteiger partial charge in [-0.2, -0.15) is 0 Å². The molecule has 110 valence electrons. The summed E-state index contributed by atoms with van der Waals surface area (Å²) in [5.41, 5.74) is 2.60. The van der Waals surface area contributed by atoms with Gasteiger partial charge in [0, 0.05) is 0 Å². The van der Waals surface area contributed by atoms with Crippen LogP contribution >= 0.6 is 27.5 Å². The molecule has 0 saturated heterocycles. The molecule has 2 rings (SSSR count). The first-order chi connectivity index (χ1) is 10.0. The highest BCUT2D eigenvalue weighted by molar-refractivity contribution is 9.10. The number of ether oxygens (including phenoxy) is 2. The molecule has 0 amide bonds. The van der Waals surface area contributed by atoms with Crippen molar-refractivity contribution in [3.8, 4) is 5.75 Å². The highest BCUT2D eigenvalue weighted by Crippen LogP contribution is 2.35. The maximum Gasteiger partial charge on any atom is 0.337 e. The lowest BCUT2D eigenvalue weighted by Gasteiger charge is -2.12. The van der Waals surface area contributed by atoms with Crippen molar-refractivity contribution in [2.24, 2.45) is 0 Å². The Bertz CT molecular complexity index is 647. The fourth-order valence-electron chi connectivity index (χ4n) is 1.86. The van der Waals surface area contributed by atoms with Gasteiger partial charge < -0.3 is 9.47 Å². The van der Waals surface area contributed by atoms with E-state index in [4.69, 9.17) is 16.3 Å². The molecule has 2 aromatic rings. The van der Waals surface area contributed by atoms with Crippen molar-refractivity contribution in [3.63, 3.8) is 0 Å². The molecule has 3 nitrogen and oxygen atoms in total. The minimum Gasteiger partial charge on any atom is -0.486 e. The Kier molecular flexibility index (Phi) is 5.26. The summed E-state index contributed by atoms with van der Waals surface area (Å²) in [6.07, 6.45) is 0.